The number of nitrogens with zero attached hydrogens (tertiary/aromatic N) is 1. The van der Waals surface area contributed by atoms with Crippen molar-refractivity contribution < 1.29 is 24.5 Å². The van der Waals surface area contributed by atoms with E-state index in [2.05, 4.69) is 4.90 Å². The second-order valence-corrected chi connectivity index (χ2v) is 9.06. The van der Waals surface area contributed by atoms with Gasteiger partial charge in [0.2, 0.25) is 5.75 Å². The molecule has 2 saturated carbocycles. The minimum atomic E-state index is -0.973. The van der Waals surface area contributed by atoms with Crippen LogP contribution in [0.5, 0.6) is 17.2 Å². The van der Waals surface area contributed by atoms with Crippen LogP contribution in [-0.2, 0) is 16.6 Å². The zero-order chi connectivity index (χ0) is 18.6. The largest absolute Gasteiger partial charge is 0.504 e. The minimum Gasteiger partial charge on any atom is -0.504 e. The topological polar surface area (TPSA) is 79.2 Å². The first-order chi connectivity index (χ1) is 13.0. The van der Waals surface area contributed by atoms with Crippen molar-refractivity contribution in [3.05, 3.63) is 17.2 Å². The van der Waals surface area contributed by atoms with Crippen LogP contribution in [0.25, 0.3) is 0 Å². The lowest BCUT2D eigenvalue weighted by Gasteiger charge is -2.62. The summed E-state index contributed by atoms with van der Waals surface area (Å²) >= 11 is 0. The second kappa shape index (κ2) is 4.97. The number of aliphatic hydroxyl groups is 1. The van der Waals surface area contributed by atoms with Gasteiger partial charge >= 0.3 is 0 Å². The highest BCUT2D eigenvalue weighted by molar-refractivity contribution is 5.90. The number of ketones is 1. The van der Waals surface area contributed by atoms with Crippen LogP contribution in [0.3, 0.4) is 0 Å². The minimum absolute atomic E-state index is 0.0303. The van der Waals surface area contributed by atoms with Crippen molar-refractivity contribution in [3.8, 4) is 17.2 Å². The molecule has 144 valence electrons. The molecule has 6 heteroatoms. The van der Waals surface area contributed by atoms with Gasteiger partial charge in [0, 0.05) is 24.6 Å². The Morgan fingerprint density at radius 2 is 2.19 bits per heavy atom. The van der Waals surface area contributed by atoms with E-state index in [0.717, 1.165) is 30.1 Å². The summed E-state index contributed by atoms with van der Waals surface area (Å²) in [6.07, 6.45) is 4.08. The number of Topliss-reactive ketones (excluding diaryl/α,β-unsaturated/α-hetero) is 1. The van der Waals surface area contributed by atoms with E-state index < -0.39 is 17.1 Å². The van der Waals surface area contributed by atoms with Crippen LogP contribution >= 0.6 is 0 Å². The highest BCUT2D eigenvalue weighted by Gasteiger charge is 2.73. The molecule has 5 aliphatic rings. The molecule has 6 rings (SSSR count). The van der Waals surface area contributed by atoms with E-state index in [1.54, 1.807) is 6.07 Å². The van der Waals surface area contributed by atoms with Gasteiger partial charge in [-0.3, -0.25) is 9.69 Å². The Balaban J connectivity index is 1.59. The molecule has 2 N–H and O–H groups in total. The first-order valence-electron chi connectivity index (χ1n) is 10.1. The van der Waals surface area contributed by atoms with Crippen molar-refractivity contribution in [3.63, 3.8) is 0 Å². The third-order valence-corrected chi connectivity index (χ3v) is 7.84. The van der Waals surface area contributed by atoms with Gasteiger partial charge < -0.3 is 19.7 Å². The molecule has 1 saturated heterocycles. The number of aromatic hydroxyl groups is 1. The predicted molar refractivity (Wildman–Crippen MR) is 96.3 cm³/mol. The van der Waals surface area contributed by atoms with E-state index in [1.807, 2.05) is 0 Å². The van der Waals surface area contributed by atoms with E-state index in [-0.39, 0.29) is 23.3 Å². The Hall–Kier alpha value is -1.79. The first-order valence-corrected chi connectivity index (χ1v) is 10.1. The average Bonchev–Trinajstić information content (AvgIpc) is 3.38. The number of piperidine rings is 1. The maximum absolute atomic E-state index is 12.9. The summed E-state index contributed by atoms with van der Waals surface area (Å²) in [7, 11) is 1.50. The molecular weight excluding hydrogens is 346 g/mol. The Morgan fingerprint density at radius 1 is 1.37 bits per heavy atom. The van der Waals surface area contributed by atoms with Crippen molar-refractivity contribution >= 4 is 5.78 Å². The van der Waals surface area contributed by atoms with E-state index in [0.29, 0.717) is 31.4 Å². The molecule has 3 aliphatic carbocycles. The lowest BCUT2D eigenvalue weighted by atomic mass is 9.49. The van der Waals surface area contributed by atoms with Gasteiger partial charge in [-0.25, -0.2) is 0 Å². The van der Waals surface area contributed by atoms with Gasteiger partial charge in [0.25, 0.3) is 0 Å². The maximum atomic E-state index is 12.9. The van der Waals surface area contributed by atoms with Crippen molar-refractivity contribution in [2.45, 2.75) is 61.7 Å². The van der Waals surface area contributed by atoms with Crippen LogP contribution in [0.2, 0.25) is 0 Å². The number of phenolic OH excluding ortho intramolecular Hbond substituents is 1. The monoisotopic (exact) mass is 371 g/mol. The number of hydrogen-bond acceptors (Lipinski definition) is 6. The molecule has 1 spiro atoms. The van der Waals surface area contributed by atoms with Crippen molar-refractivity contribution in [2.75, 3.05) is 20.2 Å². The molecule has 2 bridgehead atoms. The van der Waals surface area contributed by atoms with Gasteiger partial charge in [-0.05, 0) is 56.2 Å². The summed E-state index contributed by atoms with van der Waals surface area (Å²) in [6.45, 7) is 1.89. The molecule has 27 heavy (non-hydrogen) atoms. The van der Waals surface area contributed by atoms with E-state index in [1.165, 1.54) is 20.0 Å². The van der Waals surface area contributed by atoms with Gasteiger partial charge in [-0.2, -0.15) is 0 Å². The van der Waals surface area contributed by atoms with Crippen LogP contribution in [0.1, 0.15) is 43.2 Å². The number of hydrogen-bond donors (Lipinski definition) is 2. The molecule has 0 unspecified atom stereocenters. The average molecular weight is 371 g/mol. The van der Waals surface area contributed by atoms with Crippen molar-refractivity contribution in [1.29, 1.82) is 0 Å². The van der Waals surface area contributed by atoms with Gasteiger partial charge in [0.15, 0.2) is 23.4 Å². The first kappa shape index (κ1) is 16.2. The summed E-state index contributed by atoms with van der Waals surface area (Å²) in [5.74, 6) is 1.60. The van der Waals surface area contributed by atoms with Crippen LogP contribution in [0.4, 0.5) is 0 Å². The summed E-state index contributed by atoms with van der Waals surface area (Å²) in [5.41, 5.74) is 0.228. The molecule has 0 aromatic heterocycles. The molecular formula is C21H25NO5. The van der Waals surface area contributed by atoms with Gasteiger partial charge in [-0.15, -0.1) is 0 Å². The number of methoxy groups -OCH3 is 1. The van der Waals surface area contributed by atoms with Crippen LogP contribution in [-0.4, -0.2) is 58.8 Å². The Bertz CT molecular complexity index is 865. The van der Waals surface area contributed by atoms with E-state index in [9.17, 15) is 15.0 Å². The molecule has 3 fully saturated rings. The molecule has 0 radical (unpaired) electrons. The number of ether oxygens (including phenoxy) is 2. The fourth-order valence-electron chi connectivity index (χ4n) is 6.51. The van der Waals surface area contributed by atoms with Gasteiger partial charge in [0.1, 0.15) is 0 Å². The van der Waals surface area contributed by atoms with Crippen molar-refractivity contribution in [2.24, 2.45) is 5.92 Å². The van der Waals surface area contributed by atoms with Crippen LogP contribution in [0, 0.1) is 5.92 Å². The second-order valence-electron chi connectivity index (χ2n) is 9.06. The van der Waals surface area contributed by atoms with Crippen molar-refractivity contribution in [1.82, 2.24) is 4.90 Å². The highest BCUT2D eigenvalue weighted by atomic mass is 16.5. The Labute approximate surface area is 158 Å². The van der Waals surface area contributed by atoms with Crippen LogP contribution < -0.4 is 9.47 Å². The quantitative estimate of drug-likeness (QED) is 0.839. The molecule has 2 heterocycles. The number of carbonyl (C=O) groups is 1. The maximum Gasteiger partial charge on any atom is 0.203 e. The number of benzene rings is 1. The Morgan fingerprint density at radius 3 is 2.93 bits per heavy atom. The number of phenols is 1. The summed E-state index contributed by atoms with van der Waals surface area (Å²) in [5, 5.41) is 22.6. The zero-order valence-electron chi connectivity index (χ0n) is 15.5. The lowest BCUT2D eigenvalue weighted by Crippen LogP contribution is -2.76. The summed E-state index contributed by atoms with van der Waals surface area (Å²) in [6, 6.07) is 1.73. The number of likely N-dealkylation sites (tertiary alicyclic amines) is 1. The normalized spacial score (nSPS) is 39.1. The molecule has 4 atom stereocenters. The molecule has 1 aromatic carbocycles. The smallest absolute Gasteiger partial charge is 0.203 e. The fourth-order valence-corrected chi connectivity index (χ4v) is 6.51. The zero-order valence-corrected chi connectivity index (χ0v) is 15.5. The number of carbonyl (C=O) groups excluding carboxylic acids is 1. The fraction of sp³-hybridized carbons (Fsp3) is 0.667. The standard InChI is InChI=1S/C21H25NO5/c1-26-17-14(24)8-12-9-15-21(25)5-4-13(23)19-20(21,16(12)18(17)27-19)6-7-22(15)10-11-2-3-11/h8,11,15,19,24-25H,2-7,9-10H2,1H3/t15-,19+,20+,21-/m1/s1. The third kappa shape index (κ3) is 1.77. The summed E-state index contributed by atoms with van der Waals surface area (Å²) < 4.78 is 11.6. The van der Waals surface area contributed by atoms with E-state index in [4.69, 9.17) is 9.47 Å². The summed E-state index contributed by atoms with van der Waals surface area (Å²) in [4.78, 5) is 15.3. The number of rotatable bonds is 3. The van der Waals surface area contributed by atoms with Gasteiger partial charge in [0.05, 0.1) is 18.1 Å². The predicted octanol–water partition coefficient (Wildman–Crippen LogP) is 1.53. The Kier molecular flexibility index (Phi) is 2.98. The highest BCUT2D eigenvalue weighted by Crippen LogP contribution is 2.66. The SMILES string of the molecule is COc1c(O)cc2c3c1O[C@H]1C(=O)CC[C@@]4(O)[C@@H](C2)N(CC2CC2)CC[C@]314. The molecule has 1 aromatic rings. The van der Waals surface area contributed by atoms with Gasteiger partial charge in [-0.1, -0.05) is 0 Å². The molecule has 2 aliphatic heterocycles. The van der Waals surface area contributed by atoms with E-state index >= 15 is 0 Å². The lowest BCUT2D eigenvalue weighted by molar-refractivity contribution is -0.188. The van der Waals surface area contributed by atoms with Crippen LogP contribution in [0.15, 0.2) is 6.07 Å². The molecule has 6 nitrogen and oxygen atoms in total. The third-order valence-electron chi connectivity index (χ3n) is 7.84. The molecule has 0 amide bonds.